The van der Waals surface area contributed by atoms with Gasteiger partial charge in [0.2, 0.25) is 0 Å². The normalized spacial score (nSPS) is 11.1. The summed E-state index contributed by atoms with van der Waals surface area (Å²) in [6, 6.07) is 2.04. The minimum absolute atomic E-state index is 0.0620. The van der Waals surface area contributed by atoms with Gasteiger partial charge in [-0.15, -0.1) is 11.3 Å². The Labute approximate surface area is 115 Å². The van der Waals surface area contributed by atoms with Crippen LogP contribution in [0.25, 0.3) is 10.9 Å². The molecule has 0 spiro atoms. The fourth-order valence-corrected chi connectivity index (χ4v) is 2.58. The Balaban J connectivity index is 2.94. The average molecular weight is 283 g/mol. The Bertz CT molecular complexity index is 537. The van der Waals surface area contributed by atoms with Crippen molar-refractivity contribution in [3.05, 3.63) is 37.5 Å². The molecule has 0 radical (unpaired) electrons. The number of rotatable bonds is 5. The lowest BCUT2D eigenvalue weighted by Crippen LogP contribution is -1.96. The van der Waals surface area contributed by atoms with Crippen LogP contribution in [0.3, 0.4) is 0 Å². The molecule has 0 aliphatic heterocycles. The van der Waals surface area contributed by atoms with Crippen molar-refractivity contribution in [2.45, 2.75) is 13.8 Å². The van der Waals surface area contributed by atoms with Crippen LogP contribution < -0.4 is 0 Å². The zero-order chi connectivity index (χ0) is 13.5. The third kappa shape index (κ3) is 3.56. The number of nitrogens with zero attached hydrogens (tertiary/aromatic N) is 2. The number of aryl methyl sites for hydroxylation is 1. The third-order valence-electron chi connectivity index (χ3n) is 2.01. The Kier molecular flexibility index (Phi) is 5.84. The van der Waals surface area contributed by atoms with Crippen molar-refractivity contribution < 1.29 is 9.78 Å². The van der Waals surface area contributed by atoms with Crippen LogP contribution in [0.1, 0.15) is 22.2 Å². The van der Waals surface area contributed by atoms with Gasteiger partial charge in [0.25, 0.3) is 0 Å². The first-order valence-electron chi connectivity index (χ1n) is 5.15. The first kappa shape index (κ1) is 14.7. The Morgan fingerprint density at radius 3 is 2.83 bits per heavy atom. The van der Waals surface area contributed by atoms with Crippen molar-refractivity contribution in [3.8, 4) is 6.07 Å². The summed E-state index contributed by atoms with van der Waals surface area (Å²) in [7, 11) is 0. The summed E-state index contributed by atoms with van der Waals surface area (Å²) in [5.74, 6) is 0. The smallest absolute Gasteiger partial charge is 0.195 e. The van der Waals surface area contributed by atoms with Gasteiger partial charge in [-0.25, -0.2) is 14.6 Å². The monoisotopic (exact) mass is 282 g/mol. The molecule has 18 heavy (non-hydrogen) atoms. The second-order valence-corrected chi connectivity index (χ2v) is 4.87. The number of thiophene rings is 1. The molecular weight excluding hydrogens is 272 g/mol. The highest BCUT2D eigenvalue weighted by Gasteiger charge is 2.12. The summed E-state index contributed by atoms with van der Waals surface area (Å²) in [6.45, 7) is 11.1. The molecule has 1 heterocycles. The standard InChI is InChI=1S/C12H11ClN2O2S/c1-4-16-17-7-9(15-3)5-11-12(13)10(6-14)8(2)18-11/h5H,4,7H2,1-2H3. The summed E-state index contributed by atoms with van der Waals surface area (Å²) in [5.41, 5.74) is 0.832. The SMILES string of the molecule is [C-]#[N+]C(=Cc1sc(C)c(C#N)c1Cl)COOCC. The van der Waals surface area contributed by atoms with E-state index in [9.17, 15) is 0 Å². The largest absolute Gasteiger partial charge is 0.243 e. The lowest BCUT2D eigenvalue weighted by molar-refractivity contribution is -0.283. The lowest BCUT2D eigenvalue weighted by Gasteiger charge is -1.99. The maximum atomic E-state index is 8.92. The molecule has 6 heteroatoms. The lowest BCUT2D eigenvalue weighted by atomic mass is 10.2. The quantitative estimate of drug-likeness (QED) is 0.357. The van der Waals surface area contributed by atoms with E-state index in [1.807, 2.05) is 13.0 Å². The summed E-state index contributed by atoms with van der Waals surface area (Å²) in [5, 5.41) is 9.31. The van der Waals surface area contributed by atoms with E-state index in [1.165, 1.54) is 11.3 Å². The molecule has 0 N–H and O–H groups in total. The van der Waals surface area contributed by atoms with Crippen molar-refractivity contribution in [1.29, 1.82) is 5.26 Å². The van der Waals surface area contributed by atoms with E-state index in [0.717, 1.165) is 4.88 Å². The number of hydrogen-bond donors (Lipinski definition) is 0. The molecule has 0 atom stereocenters. The van der Waals surface area contributed by atoms with Crippen molar-refractivity contribution in [2.24, 2.45) is 0 Å². The molecular formula is C12H11ClN2O2S. The van der Waals surface area contributed by atoms with Crippen LogP contribution in [0.2, 0.25) is 5.02 Å². The zero-order valence-corrected chi connectivity index (χ0v) is 11.6. The van der Waals surface area contributed by atoms with Gasteiger partial charge >= 0.3 is 0 Å². The van der Waals surface area contributed by atoms with E-state index in [2.05, 4.69) is 4.85 Å². The molecule has 1 aromatic rings. The maximum absolute atomic E-state index is 8.92. The van der Waals surface area contributed by atoms with Crippen LogP contribution in [0.15, 0.2) is 5.70 Å². The van der Waals surface area contributed by atoms with E-state index in [-0.39, 0.29) is 6.61 Å². The minimum Gasteiger partial charge on any atom is -0.243 e. The predicted molar refractivity (Wildman–Crippen MR) is 70.9 cm³/mol. The Hall–Kier alpha value is -1.37. The van der Waals surface area contributed by atoms with E-state index in [4.69, 9.17) is 33.2 Å². The van der Waals surface area contributed by atoms with Crippen molar-refractivity contribution in [1.82, 2.24) is 0 Å². The highest BCUT2D eigenvalue weighted by molar-refractivity contribution is 7.13. The van der Waals surface area contributed by atoms with Crippen molar-refractivity contribution >= 4 is 29.0 Å². The van der Waals surface area contributed by atoms with Crippen LogP contribution in [0, 0.1) is 24.8 Å². The van der Waals surface area contributed by atoms with E-state index >= 15 is 0 Å². The van der Waals surface area contributed by atoms with Gasteiger partial charge in [-0.3, -0.25) is 0 Å². The first-order chi connectivity index (χ1) is 8.63. The molecule has 4 nitrogen and oxygen atoms in total. The molecule has 0 bridgehead atoms. The van der Waals surface area contributed by atoms with Gasteiger partial charge in [-0.05, 0) is 19.9 Å². The van der Waals surface area contributed by atoms with Gasteiger partial charge in [0.15, 0.2) is 5.70 Å². The molecule has 0 amide bonds. The summed E-state index contributed by atoms with van der Waals surface area (Å²) < 4.78 is 0. The van der Waals surface area contributed by atoms with Gasteiger partial charge in [-0.2, -0.15) is 5.26 Å². The molecule has 0 unspecified atom stereocenters. The second kappa shape index (κ2) is 7.15. The molecule has 1 rings (SSSR count). The third-order valence-corrected chi connectivity index (χ3v) is 3.57. The Morgan fingerprint density at radius 1 is 1.61 bits per heavy atom. The fourth-order valence-electron chi connectivity index (χ4n) is 1.20. The molecule has 0 fully saturated rings. The number of nitriles is 1. The van der Waals surface area contributed by atoms with Crippen molar-refractivity contribution in [2.75, 3.05) is 13.2 Å². The van der Waals surface area contributed by atoms with Crippen LogP contribution in [0.4, 0.5) is 0 Å². The Morgan fingerprint density at radius 2 is 2.33 bits per heavy atom. The highest BCUT2D eigenvalue weighted by atomic mass is 35.5. The van der Waals surface area contributed by atoms with Gasteiger partial charge in [0, 0.05) is 9.75 Å². The van der Waals surface area contributed by atoms with Crippen LogP contribution in [-0.4, -0.2) is 13.2 Å². The van der Waals surface area contributed by atoms with Gasteiger partial charge in [0.05, 0.1) is 23.8 Å². The minimum atomic E-state index is 0.0620. The van der Waals surface area contributed by atoms with Crippen LogP contribution >= 0.6 is 22.9 Å². The van der Waals surface area contributed by atoms with Crippen molar-refractivity contribution in [3.63, 3.8) is 0 Å². The molecule has 0 aliphatic rings. The first-order valence-corrected chi connectivity index (χ1v) is 6.34. The highest BCUT2D eigenvalue weighted by Crippen LogP contribution is 2.33. The maximum Gasteiger partial charge on any atom is 0.195 e. The average Bonchev–Trinajstić information content (AvgIpc) is 2.63. The van der Waals surface area contributed by atoms with E-state index < -0.39 is 0 Å². The molecule has 0 aliphatic carbocycles. The fraction of sp³-hybridized carbons (Fsp3) is 0.333. The van der Waals surface area contributed by atoms with E-state index in [1.54, 1.807) is 13.0 Å². The topological polar surface area (TPSA) is 46.6 Å². The second-order valence-electron chi connectivity index (χ2n) is 3.24. The summed E-state index contributed by atoms with van der Waals surface area (Å²) in [4.78, 5) is 14.4. The molecule has 0 saturated heterocycles. The predicted octanol–water partition coefficient (Wildman–Crippen LogP) is 3.81. The van der Waals surface area contributed by atoms with Gasteiger partial charge < -0.3 is 0 Å². The number of halogens is 1. The van der Waals surface area contributed by atoms with Crippen LogP contribution in [0.5, 0.6) is 0 Å². The molecule has 1 aromatic heterocycles. The summed E-state index contributed by atoms with van der Waals surface area (Å²) in [6.07, 6.45) is 1.62. The molecule has 0 saturated carbocycles. The van der Waals surface area contributed by atoms with Gasteiger partial charge in [-0.1, -0.05) is 11.6 Å². The number of hydrogen-bond acceptors (Lipinski definition) is 4. The zero-order valence-electron chi connectivity index (χ0n) is 9.99. The molecule has 94 valence electrons. The van der Waals surface area contributed by atoms with Gasteiger partial charge in [0.1, 0.15) is 12.7 Å². The molecule has 0 aromatic carbocycles. The summed E-state index contributed by atoms with van der Waals surface area (Å²) >= 11 is 7.44. The van der Waals surface area contributed by atoms with Crippen LogP contribution in [-0.2, 0) is 9.78 Å². The van der Waals surface area contributed by atoms with E-state index in [0.29, 0.717) is 27.8 Å².